The van der Waals surface area contributed by atoms with Crippen LogP contribution < -0.4 is 31.3 Å². The molecule has 206 valence electrons. The summed E-state index contributed by atoms with van der Waals surface area (Å²) in [5.74, 6) is -1.81. The normalized spacial score (nSPS) is 13.5. The van der Waals surface area contributed by atoms with Crippen LogP contribution >= 0.6 is 0 Å². The molecule has 1 aromatic carbocycles. The summed E-state index contributed by atoms with van der Waals surface area (Å²) in [6.07, 6.45) is 5.28. The van der Waals surface area contributed by atoms with E-state index in [1.54, 1.807) is 24.3 Å². The van der Waals surface area contributed by atoms with E-state index < -0.39 is 18.8 Å². The number of hydrogen-bond donors (Lipinski definition) is 5. The van der Waals surface area contributed by atoms with Crippen molar-refractivity contribution in [3.8, 4) is 5.75 Å². The second kappa shape index (κ2) is 12.5. The number of rotatable bonds is 11. The predicted octanol–water partition coefficient (Wildman–Crippen LogP) is 2.99. The van der Waals surface area contributed by atoms with Crippen molar-refractivity contribution in [2.75, 3.05) is 30.0 Å². The van der Waals surface area contributed by atoms with Crippen LogP contribution in [-0.4, -0.2) is 47.7 Å². The van der Waals surface area contributed by atoms with Crippen LogP contribution in [0.25, 0.3) is 0 Å². The van der Waals surface area contributed by atoms with Crippen molar-refractivity contribution in [3.05, 3.63) is 78.3 Å². The first-order valence-electron chi connectivity index (χ1n) is 13.7. The van der Waals surface area contributed by atoms with E-state index >= 15 is 0 Å². The van der Waals surface area contributed by atoms with Crippen LogP contribution in [0.5, 0.6) is 5.75 Å². The van der Waals surface area contributed by atoms with E-state index in [2.05, 4.69) is 37.8 Å². The number of benzene rings is 1. The van der Waals surface area contributed by atoms with Gasteiger partial charge in [-0.05, 0) is 43.2 Å². The van der Waals surface area contributed by atoms with E-state index in [4.69, 9.17) is 8.85 Å². The molecule has 4 amide bonds. The highest BCUT2D eigenvalue weighted by Gasteiger charge is 2.30. The molecule has 0 aliphatic heterocycles. The summed E-state index contributed by atoms with van der Waals surface area (Å²) in [6, 6.07) is 9.40. The Kier molecular flexibility index (Phi) is 7.46. The molecule has 3 aromatic rings. The monoisotopic (exact) mass is 546 g/mol. The van der Waals surface area contributed by atoms with Gasteiger partial charge in [0.2, 0.25) is 11.8 Å². The van der Waals surface area contributed by atoms with Crippen molar-refractivity contribution in [2.45, 2.75) is 19.4 Å². The fourth-order valence-electron chi connectivity index (χ4n) is 3.69. The summed E-state index contributed by atoms with van der Waals surface area (Å²) in [4.78, 5) is 58.0. The first-order chi connectivity index (χ1) is 20.5. The van der Waals surface area contributed by atoms with Crippen LogP contribution in [-0.2, 0) is 16.1 Å². The summed E-state index contributed by atoms with van der Waals surface area (Å²) in [7, 11) is 1.37. The minimum absolute atomic E-state index is 0.0726. The maximum absolute atomic E-state index is 13.1. The van der Waals surface area contributed by atoms with Crippen LogP contribution in [0, 0.1) is 5.92 Å². The Morgan fingerprint density at radius 2 is 1.88 bits per heavy atom. The molecule has 0 saturated heterocycles. The third kappa shape index (κ3) is 6.78. The average Bonchev–Trinajstić information content (AvgIpc) is 3.81. The molecule has 0 radical (unpaired) electrons. The number of methoxy groups -OCH3 is 1. The Bertz CT molecular complexity index is 1560. The highest BCUT2D eigenvalue weighted by Crippen LogP contribution is 2.34. The first kappa shape index (κ1) is 23.8. The van der Waals surface area contributed by atoms with Gasteiger partial charge in [-0.15, -0.1) is 0 Å². The molecule has 1 aliphatic carbocycles. The van der Waals surface area contributed by atoms with Crippen molar-refractivity contribution in [2.24, 2.45) is 5.92 Å². The summed E-state index contributed by atoms with van der Waals surface area (Å²) in [5.41, 5.74) is 1.44. The summed E-state index contributed by atoms with van der Waals surface area (Å²) >= 11 is 0. The minimum atomic E-state index is -2.75. The zero-order chi connectivity index (χ0) is 31.1. The lowest BCUT2D eigenvalue weighted by atomic mass is 10.1. The number of anilines is 4. The maximum Gasteiger partial charge on any atom is 0.255 e. The smallest absolute Gasteiger partial charge is 0.255 e. The highest BCUT2D eigenvalue weighted by molar-refractivity contribution is 6.03. The lowest BCUT2D eigenvalue weighted by Gasteiger charge is -2.17. The lowest BCUT2D eigenvalue weighted by Crippen LogP contribution is -2.24. The number of carbonyl (C=O) groups excluding carboxylic acids is 4. The molecule has 2 aromatic heterocycles. The Morgan fingerprint density at radius 1 is 1.05 bits per heavy atom. The van der Waals surface area contributed by atoms with Crippen LogP contribution in [0.2, 0.25) is 0 Å². The summed E-state index contributed by atoms with van der Waals surface area (Å²) in [5, 5.41) is 13.0. The zero-order valence-electron chi connectivity index (χ0n) is 24.5. The van der Waals surface area contributed by atoms with E-state index in [-0.39, 0.29) is 58.3 Å². The standard InChI is InChI=1S/C28H29N7O5/c1-4-24(36)33-18-11-10-17(30-14-18)13-32-28(39)19-6-5-7-21(25(19)40-3)34-22-12-23(35-26(37)16-8-9-16)31-15-20(22)27(38)29-2/h4-7,10-12,14-16H,1,8-9,13H2,2-3H3,(H,29,38)(H,32,39)(H,33,36)(H2,31,34,35,37)/i2D3. The number of nitrogens with one attached hydrogen (secondary N) is 5. The molecule has 12 nitrogen and oxygen atoms in total. The molecule has 0 atom stereocenters. The molecule has 0 bridgehead atoms. The van der Waals surface area contributed by atoms with Crippen molar-refractivity contribution in [1.29, 1.82) is 0 Å². The van der Waals surface area contributed by atoms with Gasteiger partial charge in [0.15, 0.2) is 5.75 Å². The molecule has 0 spiro atoms. The molecule has 5 N–H and O–H groups in total. The number of hydrogen-bond acceptors (Lipinski definition) is 8. The molecule has 12 heteroatoms. The molecule has 40 heavy (non-hydrogen) atoms. The molecule has 1 aliphatic rings. The number of amides is 4. The van der Waals surface area contributed by atoms with E-state index in [1.165, 1.54) is 25.4 Å². The van der Waals surface area contributed by atoms with Gasteiger partial charge in [0.1, 0.15) is 5.82 Å². The molecule has 1 saturated carbocycles. The highest BCUT2D eigenvalue weighted by atomic mass is 16.5. The molecule has 1 fully saturated rings. The molecular weight excluding hydrogens is 514 g/mol. The van der Waals surface area contributed by atoms with E-state index in [1.807, 2.05) is 5.32 Å². The lowest BCUT2D eigenvalue weighted by molar-refractivity contribution is -0.117. The summed E-state index contributed by atoms with van der Waals surface area (Å²) in [6.45, 7) is 0.711. The van der Waals surface area contributed by atoms with Gasteiger partial charge in [-0.3, -0.25) is 24.2 Å². The topological polar surface area (TPSA) is 163 Å². The van der Waals surface area contributed by atoms with Crippen molar-refractivity contribution in [1.82, 2.24) is 20.6 Å². The Balaban J connectivity index is 1.56. The van der Waals surface area contributed by atoms with E-state index in [0.29, 0.717) is 11.4 Å². The van der Waals surface area contributed by atoms with Crippen LogP contribution in [0.3, 0.4) is 0 Å². The third-order valence-electron chi connectivity index (χ3n) is 5.90. The average molecular weight is 547 g/mol. The van der Waals surface area contributed by atoms with E-state index in [9.17, 15) is 19.2 Å². The number of pyridine rings is 2. The van der Waals surface area contributed by atoms with Crippen LogP contribution in [0.4, 0.5) is 22.9 Å². The minimum Gasteiger partial charge on any atom is -0.494 e. The SMILES string of the molecule is [2H]C([2H])([2H])NC(=O)c1cnc(NC(=O)C2CC2)cc1Nc1cccc(C(=O)NCc2ccc(NC(=O)C=C)cn2)c1OC. The van der Waals surface area contributed by atoms with Crippen LogP contribution in [0.1, 0.15) is 43.4 Å². The van der Waals surface area contributed by atoms with E-state index in [0.717, 1.165) is 25.1 Å². The maximum atomic E-state index is 13.1. The number of aromatic nitrogens is 2. The zero-order valence-corrected chi connectivity index (χ0v) is 21.5. The van der Waals surface area contributed by atoms with Gasteiger partial charge in [-0.25, -0.2) is 4.98 Å². The van der Waals surface area contributed by atoms with Crippen molar-refractivity contribution >= 4 is 46.5 Å². The second-order valence-corrected chi connectivity index (χ2v) is 8.76. The Morgan fingerprint density at radius 3 is 2.55 bits per heavy atom. The number of para-hydroxylation sites is 1. The molecule has 0 unspecified atom stereocenters. The van der Waals surface area contributed by atoms with Crippen molar-refractivity contribution < 1.29 is 28.0 Å². The van der Waals surface area contributed by atoms with Crippen LogP contribution in [0.15, 0.2) is 61.4 Å². The molecule has 2 heterocycles. The largest absolute Gasteiger partial charge is 0.494 e. The Hall–Kier alpha value is -5.26. The fourth-order valence-corrected chi connectivity index (χ4v) is 3.69. The van der Waals surface area contributed by atoms with Gasteiger partial charge in [-0.2, -0.15) is 0 Å². The molecular formula is C28H29N7O5. The second-order valence-electron chi connectivity index (χ2n) is 8.76. The quantitative estimate of drug-likeness (QED) is 0.229. The molecule has 4 rings (SSSR count). The summed E-state index contributed by atoms with van der Waals surface area (Å²) < 4.78 is 27.7. The van der Waals surface area contributed by atoms with Gasteiger partial charge in [0.05, 0.1) is 53.7 Å². The fraction of sp³-hybridized carbons (Fsp3) is 0.214. The predicted molar refractivity (Wildman–Crippen MR) is 149 cm³/mol. The third-order valence-corrected chi connectivity index (χ3v) is 5.90. The van der Waals surface area contributed by atoms with Crippen molar-refractivity contribution in [3.63, 3.8) is 0 Å². The van der Waals surface area contributed by atoms with Gasteiger partial charge in [0.25, 0.3) is 11.8 Å². The number of carbonyl (C=O) groups is 4. The Labute approximate surface area is 234 Å². The van der Waals surface area contributed by atoms with Gasteiger partial charge in [0, 0.05) is 29.3 Å². The first-order valence-corrected chi connectivity index (χ1v) is 12.2. The van der Waals surface area contributed by atoms with Gasteiger partial charge in [-0.1, -0.05) is 12.6 Å². The van der Waals surface area contributed by atoms with Gasteiger partial charge >= 0.3 is 0 Å². The number of nitrogens with zero attached hydrogens (tertiary/aromatic N) is 2. The number of ether oxygens (including phenoxy) is 1. The van der Waals surface area contributed by atoms with Gasteiger partial charge < -0.3 is 31.3 Å².